The average molecular weight is 241 g/mol. The number of carboxylic acids is 1. The Morgan fingerprint density at radius 2 is 2.38 bits per heavy atom. The Morgan fingerprint density at radius 1 is 1.56 bits per heavy atom. The van der Waals surface area contributed by atoms with Gasteiger partial charge in [0.15, 0.2) is 0 Å². The Labute approximate surface area is 99.0 Å². The number of rotatable bonds is 7. The molecule has 0 aliphatic rings. The molecule has 1 N–H and O–H groups in total. The van der Waals surface area contributed by atoms with Gasteiger partial charge < -0.3 is 9.84 Å². The van der Waals surface area contributed by atoms with Crippen LogP contribution in [-0.4, -0.2) is 35.5 Å². The Kier molecular flexibility index (Phi) is 5.88. The minimum atomic E-state index is -0.984. The first-order valence-corrected chi connectivity index (χ1v) is 6.03. The molecule has 0 saturated heterocycles. The van der Waals surface area contributed by atoms with Gasteiger partial charge in [0.2, 0.25) is 0 Å². The average Bonchev–Trinajstić information content (AvgIpc) is 2.29. The van der Waals surface area contributed by atoms with Crippen molar-refractivity contribution >= 4 is 17.7 Å². The molecule has 0 unspecified atom stereocenters. The predicted octanol–water partition coefficient (Wildman–Crippen LogP) is 2.30. The molecule has 0 saturated carbocycles. The summed E-state index contributed by atoms with van der Waals surface area (Å²) >= 11 is 1.64. The van der Waals surface area contributed by atoms with E-state index < -0.39 is 5.97 Å². The molecule has 1 heterocycles. The highest BCUT2D eigenvalue weighted by molar-refractivity contribution is 7.99. The van der Waals surface area contributed by atoms with Gasteiger partial charge in [-0.25, -0.2) is 9.78 Å². The number of thioether (sulfide) groups is 1. The highest BCUT2D eigenvalue weighted by Crippen LogP contribution is 2.19. The third-order valence-corrected chi connectivity index (χ3v) is 3.04. The van der Waals surface area contributed by atoms with Gasteiger partial charge in [-0.1, -0.05) is 0 Å². The first-order valence-electron chi connectivity index (χ1n) is 5.05. The Balaban J connectivity index is 2.36. The van der Waals surface area contributed by atoms with Crippen LogP contribution in [0.15, 0.2) is 23.2 Å². The summed E-state index contributed by atoms with van der Waals surface area (Å²) in [6, 6.07) is 3.43. The minimum absolute atomic E-state index is 0.0990. The molecule has 0 radical (unpaired) electrons. The molecule has 1 aromatic rings. The third kappa shape index (κ3) is 4.63. The molecule has 0 aliphatic carbocycles. The van der Waals surface area contributed by atoms with Crippen LogP contribution in [0.4, 0.5) is 0 Å². The molecule has 5 heteroatoms. The molecule has 4 nitrogen and oxygen atoms in total. The Hall–Kier alpha value is -1.07. The van der Waals surface area contributed by atoms with Crippen molar-refractivity contribution in [1.29, 1.82) is 0 Å². The summed E-state index contributed by atoms with van der Waals surface area (Å²) in [5.41, 5.74) is 0.0990. The van der Waals surface area contributed by atoms with E-state index in [1.54, 1.807) is 24.9 Å². The number of nitrogens with zero attached hydrogens (tertiary/aromatic N) is 1. The van der Waals surface area contributed by atoms with E-state index in [9.17, 15) is 4.79 Å². The highest BCUT2D eigenvalue weighted by Gasteiger charge is 2.04. The Morgan fingerprint density at radius 3 is 3.06 bits per heavy atom. The molecule has 1 rings (SSSR count). The van der Waals surface area contributed by atoms with Crippen molar-refractivity contribution in [2.75, 3.05) is 19.5 Å². The predicted molar refractivity (Wildman–Crippen MR) is 63.0 cm³/mol. The zero-order valence-electron chi connectivity index (χ0n) is 9.18. The molecule has 0 spiro atoms. The number of hydrogen-bond acceptors (Lipinski definition) is 4. The van der Waals surface area contributed by atoms with Crippen molar-refractivity contribution < 1.29 is 14.6 Å². The van der Waals surface area contributed by atoms with Crippen LogP contribution >= 0.6 is 11.8 Å². The fourth-order valence-electron chi connectivity index (χ4n) is 1.16. The van der Waals surface area contributed by atoms with Gasteiger partial charge in [0.1, 0.15) is 5.69 Å². The van der Waals surface area contributed by atoms with E-state index >= 15 is 0 Å². The van der Waals surface area contributed by atoms with Crippen LogP contribution in [-0.2, 0) is 4.74 Å². The maximum atomic E-state index is 10.7. The summed E-state index contributed by atoms with van der Waals surface area (Å²) in [6.07, 6.45) is 3.62. The topological polar surface area (TPSA) is 59.4 Å². The second-order valence-electron chi connectivity index (χ2n) is 3.23. The summed E-state index contributed by atoms with van der Waals surface area (Å²) in [5.74, 6) is -0.0197. The quantitative estimate of drug-likeness (QED) is 0.586. The van der Waals surface area contributed by atoms with E-state index in [1.807, 2.05) is 6.07 Å². The standard InChI is InChI=1S/C11H15NO3S/c1-15-6-2-3-7-16-9-4-5-12-10(8-9)11(13)14/h4-5,8H,2-3,6-7H2,1H3,(H,13,14). The normalized spacial score (nSPS) is 10.3. The van der Waals surface area contributed by atoms with Gasteiger partial charge in [0.05, 0.1) is 0 Å². The second-order valence-corrected chi connectivity index (χ2v) is 4.40. The van der Waals surface area contributed by atoms with Crippen molar-refractivity contribution in [3.63, 3.8) is 0 Å². The molecule has 0 bridgehead atoms. The van der Waals surface area contributed by atoms with E-state index in [1.165, 1.54) is 6.20 Å². The molecule has 0 aliphatic heterocycles. The molecule has 0 atom stereocenters. The van der Waals surface area contributed by atoms with Crippen molar-refractivity contribution in [1.82, 2.24) is 4.98 Å². The minimum Gasteiger partial charge on any atom is -0.477 e. The molecule has 88 valence electrons. The van der Waals surface area contributed by atoms with Crippen LogP contribution in [0.25, 0.3) is 0 Å². The van der Waals surface area contributed by atoms with Gasteiger partial charge in [0.25, 0.3) is 0 Å². The smallest absolute Gasteiger partial charge is 0.354 e. The van der Waals surface area contributed by atoms with Gasteiger partial charge in [-0.05, 0) is 30.7 Å². The number of ether oxygens (including phenoxy) is 1. The van der Waals surface area contributed by atoms with E-state index in [4.69, 9.17) is 9.84 Å². The molecule has 0 aromatic carbocycles. The third-order valence-electron chi connectivity index (χ3n) is 1.96. The molecule has 16 heavy (non-hydrogen) atoms. The number of methoxy groups -OCH3 is 1. The zero-order chi connectivity index (χ0) is 11.8. The second kappa shape index (κ2) is 7.24. The SMILES string of the molecule is COCCCCSc1ccnc(C(=O)O)c1. The highest BCUT2D eigenvalue weighted by atomic mass is 32.2. The maximum Gasteiger partial charge on any atom is 0.354 e. The van der Waals surface area contributed by atoms with E-state index in [0.717, 1.165) is 30.1 Å². The van der Waals surface area contributed by atoms with Crippen LogP contribution < -0.4 is 0 Å². The molecule has 1 aromatic heterocycles. The van der Waals surface area contributed by atoms with Crippen molar-refractivity contribution in [3.8, 4) is 0 Å². The van der Waals surface area contributed by atoms with Gasteiger partial charge in [-0.15, -0.1) is 11.8 Å². The van der Waals surface area contributed by atoms with Gasteiger partial charge in [-0.3, -0.25) is 0 Å². The van der Waals surface area contributed by atoms with Crippen LogP contribution in [0.1, 0.15) is 23.3 Å². The lowest BCUT2D eigenvalue weighted by molar-refractivity contribution is 0.0690. The van der Waals surface area contributed by atoms with Crippen molar-refractivity contribution in [2.24, 2.45) is 0 Å². The molecular formula is C11H15NO3S. The van der Waals surface area contributed by atoms with Gasteiger partial charge in [-0.2, -0.15) is 0 Å². The van der Waals surface area contributed by atoms with Gasteiger partial charge in [0, 0.05) is 24.8 Å². The van der Waals surface area contributed by atoms with Crippen LogP contribution in [0, 0.1) is 0 Å². The summed E-state index contributed by atoms with van der Waals surface area (Å²) in [5, 5.41) is 8.76. The number of hydrogen-bond donors (Lipinski definition) is 1. The number of carboxylic acid groups (broad SMARTS) is 1. The number of aromatic carboxylic acids is 1. The van der Waals surface area contributed by atoms with Crippen molar-refractivity contribution in [3.05, 3.63) is 24.0 Å². The number of unbranched alkanes of at least 4 members (excludes halogenated alkanes) is 1. The first kappa shape index (κ1) is 13.0. The van der Waals surface area contributed by atoms with Crippen molar-refractivity contribution in [2.45, 2.75) is 17.7 Å². The zero-order valence-corrected chi connectivity index (χ0v) is 10.00. The van der Waals surface area contributed by atoms with Crippen LogP contribution in [0.2, 0.25) is 0 Å². The fourth-order valence-corrected chi connectivity index (χ4v) is 2.09. The number of pyridine rings is 1. The van der Waals surface area contributed by atoms with Crippen LogP contribution in [0.3, 0.4) is 0 Å². The lowest BCUT2D eigenvalue weighted by Crippen LogP contribution is -1.99. The summed E-state index contributed by atoms with van der Waals surface area (Å²) in [6.45, 7) is 0.775. The Bertz CT molecular complexity index is 344. The summed E-state index contributed by atoms with van der Waals surface area (Å²) in [7, 11) is 1.69. The first-order chi connectivity index (χ1) is 7.74. The maximum absolute atomic E-state index is 10.7. The number of aromatic nitrogens is 1. The van der Waals surface area contributed by atoms with E-state index in [-0.39, 0.29) is 5.69 Å². The monoisotopic (exact) mass is 241 g/mol. The fraction of sp³-hybridized carbons (Fsp3) is 0.455. The molecule has 0 amide bonds. The summed E-state index contributed by atoms with van der Waals surface area (Å²) in [4.78, 5) is 15.4. The van der Waals surface area contributed by atoms with Crippen LogP contribution in [0.5, 0.6) is 0 Å². The molecule has 0 fully saturated rings. The van der Waals surface area contributed by atoms with E-state index in [2.05, 4.69) is 4.98 Å². The van der Waals surface area contributed by atoms with E-state index in [0.29, 0.717) is 0 Å². The summed E-state index contributed by atoms with van der Waals surface area (Å²) < 4.78 is 4.95. The number of carbonyl (C=O) groups is 1. The van der Waals surface area contributed by atoms with Gasteiger partial charge >= 0.3 is 5.97 Å². The lowest BCUT2D eigenvalue weighted by Gasteiger charge is -2.02. The largest absolute Gasteiger partial charge is 0.477 e. The molecular weight excluding hydrogens is 226 g/mol. The lowest BCUT2D eigenvalue weighted by atomic mass is 10.3.